The molecule has 0 bridgehead atoms. The monoisotopic (exact) mass is 372 g/mol. The van der Waals surface area contributed by atoms with Crippen LogP contribution in [0.4, 0.5) is 28.0 Å². The normalized spacial score (nSPS) is 14.2. The maximum atomic E-state index is 13.9. The number of carbonyl (C=O) groups excluding carboxylic acids is 1. The third-order valence-electron chi connectivity index (χ3n) is 4.03. The van der Waals surface area contributed by atoms with Gasteiger partial charge in [-0.3, -0.25) is 0 Å². The van der Waals surface area contributed by atoms with Crippen LogP contribution in [0.1, 0.15) is 16.7 Å². The number of benzene rings is 2. The quantitative estimate of drug-likeness (QED) is 0.695. The summed E-state index contributed by atoms with van der Waals surface area (Å²) in [6.07, 6.45) is -4.14. The molecular weight excluding hydrogens is 360 g/mol. The fourth-order valence-electron chi connectivity index (χ4n) is 2.74. The molecule has 2 aromatic carbocycles. The summed E-state index contributed by atoms with van der Waals surface area (Å²) in [5.41, 5.74) is 0.203. The Hall–Kier alpha value is -2.28. The molecule has 0 aliphatic carbocycles. The minimum absolute atomic E-state index is 0.0268. The molecule has 1 N–H and O–H groups in total. The first kappa shape index (κ1) is 17.5. The molecule has 1 aliphatic heterocycles. The molecule has 2 amide bonds. The van der Waals surface area contributed by atoms with E-state index in [2.05, 4.69) is 5.32 Å². The van der Waals surface area contributed by atoms with Crippen LogP contribution in [0, 0.1) is 5.82 Å². The highest BCUT2D eigenvalue weighted by Crippen LogP contribution is 2.36. The number of nitrogens with one attached hydrogen (secondary N) is 1. The Labute approximate surface area is 146 Å². The number of carbonyl (C=O) groups is 1. The molecule has 1 heterocycles. The van der Waals surface area contributed by atoms with Crippen LogP contribution in [-0.2, 0) is 19.1 Å². The molecule has 3 rings (SSSR count). The molecule has 8 heteroatoms. The number of fused-ring (bicyclic) bond motifs is 1. The predicted octanol–water partition coefficient (Wildman–Crippen LogP) is 5.09. The largest absolute Gasteiger partial charge is 0.417 e. The second kappa shape index (κ2) is 6.55. The SMILES string of the molecule is O=C(Nc1ccc(Cl)c(C(F)(F)F)c1)N1CCc2cccc(F)c2C1. The highest BCUT2D eigenvalue weighted by Gasteiger charge is 2.33. The topological polar surface area (TPSA) is 32.3 Å². The highest BCUT2D eigenvalue weighted by molar-refractivity contribution is 6.31. The smallest absolute Gasteiger partial charge is 0.320 e. The summed E-state index contributed by atoms with van der Waals surface area (Å²) in [7, 11) is 0. The van der Waals surface area contributed by atoms with Gasteiger partial charge in [0.25, 0.3) is 0 Å². The van der Waals surface area contributed by atoms with Crippen molar-refractivity contribution < 1.29 is 22.4 Å². The van der Waals surface area contributed by atoms with E-state index in [1.165, 1.54) is 17.0 Å². The van der Waals surface area contributed by atoms with Crippen molar-refractivity contribution in [3.8, 4) is 0 Å². The molecule has 0 saturated carbocycles. The minimum atomic E-state index is -4.62. The zero-order chi connectivity index (χ0) is 18.2. The maximum absolute atomic E-state index is 13.9. The summed E-state index contributed by atoms with van der Waals surface area (Å²) in [5, 5.41) is 1.96. The molecule has 0 fully saturated rings. The molecule has 0 atom stereocenters. The molecule has 132 valence electrons. The number of alkyl halides is 3. The van der Waals surface area contributed by atoms with E-state index in [-0.39, 0.29) is 12.2 Å². The van der Waals surface area contributed by atoms with E-state index < -0.39 is 28.6 Å². The molecule has 0 saturated heterocycles. The van der Waals surface area contributed by atoms with Crippen LogP contribution in [0.15, 0.2) is 36.4 Å². The Morgan fingerprint density at radius 1 is 1.20 bits per heavy atom. The van der Waals surface area contributed by atoms with Crippen molar-refractivity contribution in [3.63, 3.8) is 0 Å². The molecule has 0 spiro atoms. The number of halogens is 5. The fraction of sp³-hybridized carbons (Fsp3) is 0.235. The van der Waals surface area contributed by atoms with Gasteiger partial charge in [-0.2, -0.15) is 13.2 Å². The van der Waals surface area contributed by atoms with E-state index in [4.69, 9.17) is 11.6 Å². The molecule has 0 radical (unpaired) electrons. The van der Waals surface area contributed by atoms with Gasteiger partial charge in [-0.1, -0.05) is 23.7 Å². The lowest BCUT2D eigenvalue weighted by molar-refractivity contribution is -0.137. The summed E-state index contributed by atoms with van der Waals surface area (Å²) in [6.45, 7) is 0.412. The number of hydrogen-bond acceptors (Lipinski definition) is 1. The van der Waals surface area contributed by atoms with Crippen LogP contribution in [0.5, 0.6) is 0 Å². The molecule has 0 unspecified atom stereocenters. The Balaban J connectivity index is 1.77. The lowest BCUT2D eigenvalue weighted by Crippen LogP contribution is -2.39. The van der Waals surface area contributed by atoms with E-state index in [1.807, 2.05) is 0 Å². The number of nitrogens with zero attached hydrogens (tertiary/aromatic N) is 1. The first-order valence-corrected chi connectivity index (χ1v) is 7.82. The Kier molecular flexibility index (Phi) is 4.60. The highest BCUT2D eigenvalue weighted by atomic mass is 35.5. The van der Waals surface area contributed by atoms with Gasteiger partial charge in [0.05, 0.1) is 17.1 Å². The van der Waals surface area contributed by atoms with Gasteiger partial charge < -0.3 is 10.2 Å². The van der Waals surface area contributed by atoms with Gasteiger partial charge >= 0.3 is 12.2 Å². The average molecular weight is 373 g/mol. The molecule has 2 aromatic rings. The van der Waals surface area contributed by atoms with Crippen LogP contribution in [0.3, 0.4) is 0 Å². The molecule has 3 nitrogen and oxygen atoms in total. The first-order valence-electron chi connectivity index (χ1n) is 7.44. The average Bonchev–Trinajstić information content (AvgIpc) is 2.55. The fourth-order valence-corrected chi connectivity index (χ4v) is 2.96. The third kappa shape index (κ3) is 3.71. The number of urea groups is 1. The summed E-state index contributed by atoms with van der Waals surface area (Å²) in [6, 6.07) is 7.26. The Morgan fingerprint density at radius 2 is 1.96 bits per heavy atom. The number of rotatable bonds is 1. The van der Waals surface area contributed by atoms with Crippen molar-refractivity contribution in [2.45, 2.75) is 19.1 Å². The van der Waals surface area contributed by atoms with Crippen molar-refractivity contribution in [3.05, 3.63) is 63.9 Å². The van der Waals surface area contributed by atoms with E-state index in [0.717, 1.165) is 17.7 Å². The lowest BCUT2D eigenvalue weighted by Gasteiger charge is -2.29. The molecule has 25 heavy (non-hydrogen) atoms. The summed E-state index contributed by atoms with van der Waals surface area (Å²) < 4.78 is 52.5. The van der Waals surface area contributed by atoms with E-state index >= 15 is 0 Å². The Morgan fingerprint density at radius 3 is 2.68 bits per heavy atom. The number of anilines is 1. The maximum Gasteiger partial charge on any atom is 0.417 e. The second-order valence-electron chi connectivity index (χ2n) is 5.67. The third-order valence-corrected chi connectivity index (χ3v) is 4.36. The van der Waals surface area contributed by atoms with E-state index in [1.54, 1.807) is 12.1 Å². The Bertz CT molecular complexity index is 823. The van der Waals surface area contributed by atoms with Crippen LogP contribution in [0.2, 0.25) is 5.02 Å². The van der Waals surface area contributed by atoms with Gasteiger partial charge in [-0.25, -0.2) is 9.18 Å². The van der Waals surface area contributed by atoms with Crippen molar-refractivity contribution >= 4 is 23.3 Å². The molecule has 1 aliphatic rings. The van der Waals surface area contributed by atoms with Gasteiger partial charge in [0, 0.05) is 17.8 Å². The van der Waals surface area contributed by atoms with Crippen LogP contribution in [0.25, 0.3) is 0 Å². The van der Waals surface area contributed by atoms with Crippen molar-refractivity contribution in [2.24, 2.45) is 0 Å². The van der Waals surface area contributed by atoms with Crippen LogP contribution >= 0.6 is 11.6 Å². The number of amides is 2. The van der Waals surface area contributed by atoms with Crippen molar-refractivity contribution in [1.82, 2.24) is 4.90 Å². The van der Waals surface area contributed by atoms with Crippen LogP contribution < -0.4 is 5.32 Å². The van der Waals surface area contributed by atoms with Gasteiger partial charge in [0.1, 0.15) is 5.82 Å². The van der Waals surface area contributed by atoms with Crippen molar-refractivity contribution in [1.29, 1.82) is 0 Å². The van der Waals surface area contributed by atoms with Crippen LogP contribution in [-0.4, -0.2) is 17.5 Å². The molecular formula is C17H13ClF4N2O. The van der Waals surface area contributed by atoms with Gasteiger partial charge in [0.2, 0.25) is 0 Å². The molecule has 0 aromatic heterocycles. The lowest BCUT2D eigenvalue weighted by atomic mass is 9.99. The zero-order valence-corrected chi connectivity index (χ0v) is 13.6. The summed E-state index contributed by atoms with van der Waals surface area (Å²) in [5.74, 6) is -0.402. The van der Waals surface area contributed by atoms with Gasteiger partial charge in [0.15, 0.2) is 0 Å². The summed E-state index contributed by atoms with van der Waals surface area (Å²) >= 11 is 5.55. The van der Waals surface area contributed by atoms with E-state index in [9.17, 15) is 22.4 Å². The zero-order valence-electron chi connectivity index (χ0n) is 12.8. The van der Waals surface area contributed by atoms with Gasteiger partial charge in [-0.15, -0.1) is 0 Å². The first-order chi connectivity index (χ1) is 11.8. The minimum Gasteiger partial charge on any atom is -0.320 e. The standard InChI is InChI=1S/C17H13ClF4N2O/c18-14-5-4-11(8-13(14)17(20,21)22)23-16(25)24-7-6-10-2-1-3-15(19)12(10)9-24/h1-5,8H,6-7,9H2,(H,23,25). The van der Waals surface area contributed by atoms with Gasteiger partial charge in [-0.05, 0) is 36.2 Å². The van der Waals surface area contributed by atoms with E-state index in [0.29, 0.717) is 18.5 Å². The van der Waals surface area contributed by atoms with Crippen molar-refractivity contribution in [2.75, 3.05) is 11.9 Å². The predicted molar refractivity (Wildman–Crippen MR) is 86.0 cm³/mol. The summed E-state index contributed by atoms with van der Waals surface area (Å²) in [4.78, 5) is 13.7. The number of hydrogen-bond donors (Lipinski definition) is 1. The second-order valence-corrected chi connectivity index (χ2v) is 6.08.